The lowest BCUT2D eigenvalue weighted by Crippen LogP contribution is -2.42. The van der Waals surface area contributed by atoms with Crippen LogP contribution in [0.15, 0.2) is 4.42 Å². The van der Waals surface area contributed by atoms with E-state index < -0.39 is 0 Å². The molecule has 2 aliphatic heterocycles. The maximum atomic E-state index is 11.6. The van der Waals surface area contributed by atoms with Crippen LogP contribution in [0, 0.1) is 5.92 Å². The molecular formula is C17H29N5O2. The van der Waals surface area contributed by atoms with Crippen molar-refractivity contribution in [1.29, 1.82) is 0 Å². The molecule has 0 bridgehead atoms. The third kappa shape index (κ3) is 3.95. The quantitative estimate of drug-likeness (QED) is 0.818. The lowest BCUT2D eigenvalue weighted by Gasteiger charge is -2.30. The molecule has 24 heavy (non-hydrogen) atoms. The summed E-state index contributed by atoms with van der Waals surface area (Å²) in [5.74, 6) is 2.24. The summed E-state index contributed by atoms with van der Waals surface area (Å²) >= 11 is 0. The summed E-state index contributed by atoms with van der Waals surface area (Å²) < 4.78 is 5.65. The Labute approximate surface area is 144 Å². The van der Waals surface area contributed by atoms with E-state index in [9.17, 15) is 4.79 Å². The smallest absolute Gasteiger partial charge is 0.230 e. The Morgan fingerprint density at radius 1 is 1.17 bits per heavy atom. The minimum atomic E-state index is 0.195. The van der Waals surface area contributed by atoms with Crippen LogP contribution in [0.1, 0.15) is 39.0 Å². The topological polar surface area (TPSA) is 65.7 Å². The number of amides is 1. The molecule has 7 nitrogen and oxygen atoms in total. The first-order chi connectivity index (χ1) is 11.6. The lowest BCUT2D eigenvalue weighted by atomic mass is 10.0. The van der Waals surface area contributed by atoms with Gasteiger partial charge < -0.3 is 9.32 Å². The van der Waals surface area contributed by atoms with Crippen LogP contribution in [0.3, 0.4) is 0 Å². The molecule has 0 radical (unpaired) electrons. The summed E-state index contributed by atoms with van der Waals surface area (Å²) in [4.78, 5) is 18.6. The van der Waals surface area contributed by atoms with E-state index >= 15 is 0 Å². The van der Waals surface area contributed by atoms with Gasteiger partial charge in [-0.1, -0.05) is 13.8 Å². The molecule has 0 aromatic carbocycles. The van der Waals surface area contributed by atoms with Crippen LogP contribution in [0.5, 0.6) is 0 Å². The first-order valence-electron chi connectivity index (χ1n) is 9.10. The summed E-state index contributed by atoms with van der Waals surface area (Å²) in [5, 5.41) is 8.19. The van der Waals surface area contributed by atoms with E-state index in [-0.39, 0.29) is 5.91 Å². The molecule has 2 saturated heterocycles. The molecule has 0 saturated carbocycles. The third-order valence-corrected chi connectivity index (χ3v) is 5.26. The van der Waals surface area contributed by atoms with E-state index in [0.717, 1.165) is 64.5 Å². The molecule has 2 aliphatic rings. The molecule has 134 valence electrons. The van der Waals surface area contributed by atoms with Gasteiger partial charge in [0.05, 0.1) is 6.54 Å². The highest BCUT2D eigenvalue weighted by Gasteiger charge is 2.35. The summed E-state index contributed by atoms with van der Waals surface area (Å²) in [6.45, 7) is 12.6. The molecule has 2 fully saturated rings. The van der Waals surface area contributed by atoms with Gasteiger partial charge in [0.15, 0.2) is 0 Å². The first kappa shape index (κ1) is 17.4. The average Bonchev–Trinajstić information content (AvgIpc) is 3.06. The monoisotopic (exact) mass is 335 g/mol. The Hall–Kier alpha value is -1.47. The Morgan fingerprint density at radius 3 is 2.67 bits per heavy atom. The van der Waals surface area contributed by atoms with Gasteiger partial charge in [0.2, 0.25) is 17.7 Å². The van der Waals surface area contributed by atoms with Crippen molar-refractivity contribution in [2.45, 2.75) is 46.2 Å². The summed E-state index contributed by atoms with van der Waals surface area (Å²) in [5.41, 5.74) is 0. The van der Waals surface area contributed by atoms with Gasteiger partial charge in [-0.2, -0.15) is 0 Å². The minimum Gasteiger partial charge on any atom is -0.424 e. The lowest BCUT2D eigenvalue weighted by molar-refractivity contribution is -0.128. The second kappa shape index (κ2) is 7.61. The zero-order chi connectivity index (χ0) is 17.1. The maximum Gasteiger partial charge on any atom is 0.230 e. The molecule has 1 amide bonds. The highest BCUT2D eigenvalue weighted by molar-refractivity contribution is 5.73. The Balaban J connectivity index is 1.56. The van der Waals surface area contributed by atoms with Crippen molar-refractivity contribution in [3.63, 3.8) is 0 Å². The van der Waals surface area contributed by atoms with Crippen molar-refractivity contribution in [3.05, 3.63) is 11.8 Å². The number of hydrogen-bond acceptors (Lipinski definition) is 6. The van der Waals surface area contributed by atoms with Crippen molar-refractivity contribution in [2.75, 3.05) is 39.3 Å². The summed E-state index contributed by atoms with van der Waals surface area (Å²) in [6.07, 6.45) is 1.85. The van der Waals surface area contributed by atoms with Gasteiger partial charge in [-0.15, -0.1) is 10.2 Å². The van der Waals surface area contributed by atoms with Crippen LogP contribution < -0.4 is 0 Å². The largest absolute Gasteiger partial charge is 0.424 e. The molecule has 1 aromatic rings. The molecule has 0 unspecified atom stereocenters. The predicted molar refractivity (Wildman–Crippen MR) is 90.3 cm³/mol. The van der Waals surface area contributed by atoms with Gasteiger partial charge in [0.25, 0.3) is 0 Å². The van der Waals surface area contributed by atoms with Gasteiger partial charge in [-0.25, -0.2) is 0 Å². The number of likely N-dealkylation sites (tertiary alicyclic amines) is 1. The Morgan fingerprint density at radius 2 is 1.96 bits per heavy atom. The van der Waals surface area contributed by atoms with Crippen LogP contribution in [0.25, 0.3) is 0 Å². The number of aryl methyl sites for hydroxylation is 1. The van der Waals surface area contributed by atoms with Gasteiger partial charge >= 0.3 is 0 Å². The van der Waals surface area contributed by atoms with Gasteiger partial charge in [0.1, 0.15) is 0 Å². The van der Waals surface area contributed by atoms with E-state index in [1.807, 2.05) is 11.8 Å². The second-order valence-electron chi connectivity index (χ2n) is 7.08. The third-order valence-electron chi connectivity index (χ3n) is 5.26. The van der Waals surface area contributed by atoms with Crippen LogP contribution >= 0.6 is 0 Å². The van der Waals surface area contributed by atoms with Crippen molar-refractivity contribution < 1.29 is 9.21 Å². The van der Waals surface area contributed by atoms with E-state index in [1.165, 1.54) is 0 Å². The van der Waals surface area contributed by atoms with Crippen LogP contribution in [0.4, 0.5) is 0 Å². The fraction of sp³-hybridized carbons (Fsp3) is 0.824. The highest BCUT2D eigenvalue weighted by atomic mass is 16.4. The van der Waals surface area contributed by atoms with E-state index in [0.29, 0.717) is 17.9 Å². The summed E-state index contributed by atoms with van der Waals surface area (Å²) in [6, 6.07) is 0.547. The molecule has 3 rings (SSSR count). The number of hydrogen-bond donors (Lipinski definition) is 0. The van der Waals surface area contributed by atoms with Gasteiger partial charge in [0, 0.05) is 58.7 Å². The normalized spacial score (nSPS) is 26.7. The number of carbonyl (C=O) groups is 1. The molecule has 7 heteroatoms. The van der Waals surface area contributed by atoms with Crippen LogP contribution in [-0.4, -0.2) is 76.1 Å². The molecular weight excluding hydrogens is 306 g/mol. The summed E-state index contributed by atoms with van der Waals surface area (Å²) in [7, 11) is 0. The standard InChI is InChI=1S/C17H29N5O2/c1-4-16-18-19-17(24-16)12-20-10-13(2)15(11-20)22-7-5-6-21(8-9-22)14(3)23/h13,15H,4-12H2,1-3H3/t13-,15+/m1/s1. The zero-order valence-electron chi connectivity index (χ0n) is 15.1. The van der Waals surface area contributed by atoms with Crippen molar-refractivity contribution in [2.24, 2.45) is 5.92 Å². The number of carbonyl (C=O) groups excluding carboxylic acids is 1. The van der Waals surface area contributed by atoms with Crippen LogP contribution in [0.2, 0.25) is 0 Å². The SMILES string of the molecule is CCc1nnc(CN2C[C@@H](C)[C@@H](N3CCCN(C(C)=O)CC3)C2)o1. The van der Waals surface area contributed by atoms with Crippen molar-refractivity contribution >= 4 is 5.91 Å². The first-order valence-corrected chi connectivity index (χ1v) is 9.10. The highest BCUT2D eigenvalue weighted by Crippen LogP contribution is 2.24. The van der Waals surface area contributed by atoms with E-state index in [2.05, 4.69) is 26.9 Å². The molecule has 3 heterocycles. The molecule has 0 N–H and O–H groups in total. The van der Waals surface area contributed by atoms with Crippen LogP contribution in [-0.2, 0) is 17.8 Å². The molecule has 0 aliphatic carbocycles. The fourth-order valence-electron chi connectivity index (χ4n) is 3.92. The Kier molecular flexibility index (Phi) is 5.50. The van der Waals surface area contributed by atoms with E-state index in [1.54, 1.807) is 6.92 Å². The Bertz CT molecular complexity index is 561. The zero-order valence-corrected chi connectivity index (χ0v) is 15.1. The van der Waals surface area contributed by atoms with E-state index in [4.69, 9.17) is 4.42 Å². The predicted octanol–water partition coefficient (Wildman–Crippen LogP) is 1.01. The van der Waals surface area contributed by atoms with Crippen molar-refractivity contribution in [1.82, 2.24) is 24.9 Å². The molecule has 0 spiro atoms. The number of rotatable bonds is 4. The second-order valence-corrected chi connectivity index (χ2v) is 7.08. The number of nitrogens with zero attached hydrogens (tertiary/aromatic N) is 5. The molecule has 1 aromatic heterocycles. The van der Waals surface area contributed by atoms with Gasteiger partial charge in [-0.05, 0) is 12.3 Å². The molecule has 2 atom stereocenters. The number of aromatic nitrogens is 2. The van der Waals surface area contributed by atoms with Gasteiger partial charge in [-0.3, -0.25) is 14.6 Å². The minimum absolute atomic E-state index is 0.195. The van der Waals surface area contributed by atoms with Crippen molar-refractivity contribution in [3.8, 4) is 0 Å². The maximum absolute atomic E-state index is 11.6. The fourth-order valence-corrected chi connectivity index (χ4v) is 3.92. The average molecular weight is 335 g/mol.